The molecule has 0 atom stereocenters. The molecule has 1 saturated heterocycles. The number of rotatable bonds is 6. The van der Waals surface area contributed by atoms with Gasteiger partial charge in [-0.25, -0.2) is 4.98 Å². The number of nitrogens with zero attached hydrogens (tertiary/aromatic N) is 2. The predicted octanol–water partition coefficient (Wildman–Crippen LogP) is 3.30. The van der Waals surface area contributed by atoms with Gasteiger partial charge in [-0.1, -0.05) is 0 Å². The van der Waals surface area contributed by atoms with Gasteiger partial charge in [0.05, 0.1) is 16.6 Å². The van der Waals surface area contributed by atoms with Crippen LogP contribution in [0.5, 0.6) is 0 Å². The molecule has 0 bridgehead atoms. The number of aromatic nitrogens is 1. The maximum atomic E-state index is 5.73. The van der Waals surface area contributed by atoms with Crippen molar-refractivity contribution in [1.82, 2.24) is 9.88 Å². The second kappa shape index (κ2) is 6.58. The zero-order valence-corrected chi connectivity index (χ0v) is 11.2. The zero-order chi connectivity index (χ0) is 11.2. The minimum Gasteiger partial charge on any atom is -0.303 e. The second-order valence-electron chi connectivity index (χ2n) is 4.37. The molecular formula is C12H19ClN2S. The highest BCUT2D eigenvalue weighted by molar-refractivity contribution is 7.09. The summed E-state index contributed by atoms with van der Waals surface area (Å²) in [6.45, 7) is 3.90. The molecule has 2 rings (SSSR count). The Hall–Kier alpha value is -0.120. The first-order chi connectivity index (χ1) is 7.88. The van der Waals surface area contributed by atoms with E-state index in [4.69, 9.17) is 11.6 Å². The molecule has 0 N–H and O–H groups in total. The number of unbranched alkanes of at least 4 members (excludes halogenated alkanes) is 1. The molecule has 0 aromatic carbocycles. The summed E-state index contributed by atoms with van der Waals surface area (Å²) >= 11 is 7.47. The minimum absolute atomic E-state index is 0.546. The van der Waals surface area contributed by atoms with Gasteiger partial charge in [0, 0.05) is 5.38 Å². The van der Waals surface area contributed by atoms with E-state index in [1.165, 1.54) is 50.3 Å². The summed E-state index contributed by atoms with van der Waals surface area (Å²) in [6, 6.07) is 0. The number of aryl methyl sites for hydroxylation is 1. The molecule has 1 aromatic heterocycles. The van der Waals surface area contributed by atoms with Crippen molar-refractivity contribution in [2.45, 2.75) is 38.0 Å². The third kappa shape index (κ3) is 3.72. The van der Waals surface area contributed by atoms with Crippen LogP contribution in [0.3, 0.4) is 0 Å². The quantitative estimate of drug-likeness (QED) is 0.575. The van der Waals surface area contributed by atoms with Crippen molar-refractivity contribution in [1.29, 1.82) is 0 Å². The normalized spacial score (nSPS) is 17.1. The van der Waals surface area contributed by atoms with E-state index in [0.29, 0.717) is 5.88 Å². The lowest BCUT2D eigenvalue weighted by atomic mass is 10.2. The first kappa shape index (κ1) is 12.3. The van der Waals surface area contributed by atoms with E-state index >= 15 is 0 Å². The van der Waals surface area contributed by atoms with Gasteiger partial charge >= 0.3 is 0 Å². The average Bonchev–Trinajstić information content (AvgIpc) is 2.95. The number of alkyl halides is 1. The van der Waals surface area contributed by atoms with Crippen molar-refractivity contribution in [3.05, 3.63) is 16.1 Å². The van der Waals surface area contributed by atoms with Gasteiger partial charge in [0.15, 0.2) is 0 Å². The average molecular weight is 259 g/mol. The van der Waals surface area contributed by atoms with Crippen LogP contribution < -0.4 is 0 Å². The molecule has 0 saturated carbocycles. The van der Waals surface area contributed by atoms with Gasteiger partial charge in [0.25, 0.3) is 0 Å². The molecule has 1 fully saturated rings. The van der Waals surface area contributed by atoms with Crippen LogP contribution in [-0.4, -0.2) is 29.5 Å². The summed E-state index contributed by atoms with van der Waals surface area (Å²) < 4.78 is 0. The molecule has 1 aliphatic heterocycles. The van der Waals surface area contributed by atoms with Crippen molar-refractivity contribution in [3.8, 4) is 0 Å². The van der Waals surface area contributed by atoms with Crippen molar-refractivity contribution >= 4 is 22.9 Å². The zero-order valence-electron chi connectivity index (χ0n) is 9.62. The van der Waals surface area contributed by atoms with Crippen molar-refractivity contribution in [3.63, 3.8) is 0 Å². The van der Waals surface area contributed by atoms with Crippen LogP contribution in [-0.2, 0) is 12.3 Å². The van der Waals surface area contributed by atoms with Crippen molar-refractivity contribution < 1.29 is 0 Å². The Morgan fingerprint density at radius 1 is 1.31 bits per heavy atom. The maximum Gasteiger partial charge on any atom is 0.0928 e. The fraction of sp³-hybridized carbons (Fsp3) is 0.750. The molecule has 0 spiro atoms. The third-order valence-corrected chi connectivity index (χ3v) is 4.28. The van der Waals surface area contributed by atoms with Crippen LogP contribution in [0.2, 0.25) is 0 Å². The number of hydrogen-bond acceptors (Lipinski definition) is 3. The minimum atomic E-state index is 0.546. The van der Waals surface area contributed by atoms with Crippen LogP contribution >= 0.6 is 22.9 Å². The molecule has 0 unspecified atom stereocenters. The summed E-state index contributed by atoms with van der Waals surface area (Å²) in [7, 11) is 0. The largest absolute Gasteiger partial charge is 0.303 e. The lowest BCUT2D eigenvalue weighted by Gasteiger charge is -2.13. The van der Waals surface area contributed by atoms with E-state index in [0.717, 1.165) is 12.1 Å². The van der Waals surface area contributed by atoms with E-state index in [1.807, 2.05) is 0 Å². The smallest absolute Gasteiger partial charge is 0.0928 e. The molecule has 0 amide bonds. The van der Waals surface area contributed by atoms with Crippen molar-refractivity contribution in [2.75, 3.05) is 19.6 Å². The van der Waals surface area contributed by atoms with Crippen molar-refractivity contribution in [2.24, 2.45) is 0 Å². The summed E-state index contributed by atoms with van der Waals surface area (Å²) in [5.41, 5.74) is 1.03. The van der Waals surface area contributed by atoms with Gasteiger partial charge in [-0.15, -0.1) is 22.9 Å². The lowest BCUT2D eigenvalue weighted by molar-refractivity contribution is 0.330. The van der Waals surface area contributed by atoms with E-state index in [-0.39, 0.29) is 0 Å². The van der Waals surface area contributed by atoms with E-state index < -0.39 is 0 Å². The maximum absolute atomic E-state index is 5.73. The van der Waals surface area contributed by atoms with Gasteiger partial charge in [-0.3, -0.25) is 0 Å². The number of halogens is 1. The summed E-state index contributed by atoms with van der Waals surface area (Å²) in [5.74, 6) is 0.546. The van der Waals surface area contributed by atoms with Gasteiger partial charge in [-0.2, -0.15) is 0 Å². The lowest BCUT2D eigenvalue weighted by Crippen LogP contribution is -2.20. The predicted molar refractivity (Wildman–Crippen MR) is 70.3 cm³/mol. The number of likely N-dealkylation sites (tertiary alicyclic amines) is 1. The summed E-state index contributed by atoms with van der Waals surface area (Å²) in [6.07, 6.45) is 6.47. The molecule has 90 valence electrons. The number of thiazole rings is 1. The molecule has 2 nitrogen and oxygen atoms in total. The van der Waals surface area contributed by atoms with Gasteiger partial charge in [0.2, 0.25) is 0 Å². The van der Waals surface area contributed by atoms with Crippen LogP contribution in [0, 0.1) is 0 Å². The van der Waals surface area contributed by atoms with Gasteiger partial charge < -0.3 is 4.90 Å². The van der Waals surface area contributed by atoms with Gasteiger partial charge in [0.1, 0.15) is 0 Å². The fourth-order valence-electron chi connectivity index (χ4n) is 2.14. The van der Waals surface area contributed by atoms with Crippen LogP contribution in [0.25, 0.3) is 0 Å². The molecule has 0 aliphatic carbocycles. The summed E-state index contributed by atoms with van der Waals surface area (Å²) in [4.78, 5) is 7.05. The van der Waals surface area contributed by atoms with Crippen LogP contribution in [0.15, 0.2) is 5.38 Å². The Bertz CT molecular complexity index is 308. The number of hydrogen-bond donors (Lipinski definition) is 0. The standard InChI is InChI=1S/C12H19ClN2S/c13-9-11-10-16-12(14-11)5-1-2-6-15-7-3-4-8-15/h10H,1-9H2. The molecule has 4 heteroatoms. The Labute approximate surface area is 107 Å². The SMILES string of the molecule is ClCc1csc(CCCCN2CCCC2)n1. The second-order valence-corrected chi connectivity index (χ2v) is 5.58. The van der Waals surface area contributed by atoms with Crippen LogP contribution in [0.1, 0.15) is 36.4 Å². The van der Waals surface area contributed by atoms with Gasteiger partial charge in [-0.05, 0) is 51.7 Å². The third-order valence-electron chi connectivity index (χ3n) is 3.05. The Morgan fingerprint density at radius 2 is 2.12 bits per heavy atom. The highest BCUT2D eigenvalue weighted by Crippen LogP contribution is 2.15. The van der Waals surface area contributed by atoms with Crippen LogP contribution in [0.4, 0.5) is 0 Å². The highest BCUT2D eigenvalue weighted by atomic mass is 35.5. The first-order valence-corrected chi connectivity index (χ1v) is 7.51. The monoisotopic (exact) mass is 258 g/mol. The Morgan fingerprint density at radius 3 is 2.81 bits per heavy atom. The Kier molecular flexibility index (Phi) is 5.07. The molecule has 2 heterocycles. The molecular weight excluding hydrogens is 240 g/mol. The van der Waals surface area contributed by atoms with E-state index in [1.54, 1.807) is 11.3 Å². The molecule has 0 radical (unpaired) electrons. The highest BCUT2D eigenvalue weighted by Gasteiger charge is 2.10. The van der Waals surface area contributed by atoms with E-state index in [2.05, 4.69) is 15.3 Å². The first-order valence-electron chi connectivity index (χ1n) is 6.10. The molecule has 16 heavy (non-hydrogen) atoms. The fourth-order valence-corrected chi connectivity index (χ4v) is 3.21. The molecule has 1 aliphatic rings. The molecule has 1 aromatic rings. The topological polar surface area (TPSA) is 16.1 Å². The summed E-state index contributed by atoms with van der Waals surface area (Å²) in [5, 5.41) is 3.32. The van der Waals surface area contributed by atoms with E-state index in [9.17, 15) is 0 Å². The Balaban J connectivity index is 1.60.